The molecule has 1 heterocycles. The lowest BCUT2D eigenvalue weighted by molar-refractivity contribution is 0.170. The summed E-state index contributed by atoms with van der Waals surface area (Å²) in [6, 6.07) is 5.99. The third-order valence-corrected chi connectivity index (χ3v) is 2.96. The normalized spacial score (nSPS) is 13.3. The molecule has 0 bridgehead atoms. The number of para-hydroxylation sites is 1. The maximum atomic E-state index is 5.63. The van der Waals surface area contributed by atoms with E-state index in [9.17, 15) is 0 Å². The van der Waals surface area contributed by atoms with Gasteiger partial charge in [0.2, 0.25) is 0 Å². The van der Waals surface area contributed by atoms with E-state index in [1.165, 1.54) is 0 Å². The van der Waals surface area contributed by atoms with Crippen molar-refractivity contribution in [3.8, 4) is 11.5 Å². The van der Waals surface area contributed by atoms with Crippen LogP contribution in [-0.2, 0) is 6.42 Å². The number of aryl methyl sites for hydroxylation is 1. The molecule has 0 saturated heterocycles. The number of rotatable bonds is 3. The molecule has 1 N–H and O–H groups in total. The highest BCUT2D eigenvalue weighted by Gasteiger charge is 2.15. The molecule has 0 atom stereocenters. The van der Waals surface area contributed by atoms with Gasteiger partial charge in [0.1, 0.15) is 13.2 Å². The second-order valence-corrected chi connectivity index (χ2v) is 4.11. The van der Waals surface area contributed by atoms with Crippen LogP contribution < -0.4 is 14.8 Å². The molecule has 1 aromatic rings. The zero-order chi connectivity index (χ0) is 11.4. The topological polar surface area (TPSA) is 30.5 Å². The van der Waals surface area contributed by atoms with Crippen LogP contribution in [0.2, 0.25) is 0 Å². The monoisotopic (exact) mass is 237 g/mol. The Morgan fingerprint density at radius 1 is 1.38 bits per heavy atom. The smallest absolute Gasteiger partial charge is 0.164 e. The molecule has 0 fully saturated rings. The summed E-state index contributed by atoms with van der Waals surface area (Å²) < 4.78 is 11.2. The first-order valence-electron chi connectivity index (χ1n) is 5.39. The number of nitrogens with one attached hydrogen (secondary N) is 1. The highest BCUT2D eigenvalue weighted by molar-refractivity contribution is 7.80. The van der Waals surface area contributed by atoms with Crippen molar-refractivity contribution in [1.82, 2.24) is 5.32 Å². The lowest BCUT2D eigenvalue weighted by Gasteiger charge is -2.20. The Bertz CT molecular complexity index is 393. The fourth-order valence-electron chi connectivity index (χ4n) is 1.70. The zero-order valence-corrected chi connectivity index (χ0v) is 10.1. The molecule has 1 aliphatic heterocycles. The van der Waals surface area contributed by atoms with E-state index < -0.39 is 0 Å². The molecule has 86 valence electrons. The van der Waals surface area contributed by atoms with Crippen LogP contribution in [0, 0.1) is 0 Å². The van der Waals surface area contributed by atoms with Gasteiger partial charge in [0.05, 0.1) is 4.99 Å². The molecule has 0 aliphatic carbocycles. The first kappa shape index (κ1) is 11.2. The Morgan fingerprint density at radius 2 is 2.19 bits per heavy atom. The Kier molecular flexibility index (Phi) is 3.62. The highest BCUT2D eigenvalue weighted by Crippen LogP contribution is 2.34. The number of fused-ring (bicyclic) bond motifs is 1. The van der Waals surface area contributed by atoms with Crippen molar-refractivity contribution in [2.75, 3.05) is 20.3 Å². The number of hydrogen-bond donors (Lipinski definition) is 1. The lowest BCUT2D eigenvalue weighted by atomic mass is 10.1. The number of ether oxygens (including phenoxy) is 2. The second kappa shape index (κ2) is 5.16. The maximum Gasteiger partial charge on any atom is 0.164 e. The van der Waals surface area contributed by atoms with E-state index in [1.54, 1.807) is 0 Å². The van der Waals surface area contributed by atoms with E-state index >= 15 is 0 Å². The third kappa shape index (κ3) is 2.44. The minimum absolute atomic E-state index is 0.625. The third-order valence-electron chi connectivity index (χ3n) is 2.55. The SMILES string of the molecule is CNC(=S)CCc1cccc2c1OCCO2. The van der Waals surface area contributed by atoms with Crippen molar-refractivity contribution in [1.29, 1.82) is 0 Å². The summed E-state index contributed by atoms with van der Waals surface area (Å²) in [5, 5.41) is 2.97. The standard InChI is InChI=1S/C12H15NO2S/c1-13-11(16)6-5-9-3-2-4-10-12(9)15-8-7-14-10/h2-4H,5-8H2,1H3,(H,13,16). The van der Waals surface area contributed by atoms with E-state index in [-0.39, 0.29) is 0 Å². The van der Waals surface area contributed by atoms with Gasteiger partial charge in [-0.3, -0.25) is 0 Å². The molecule has 0 unspecified atom stereocenters. The van der Waals surface area contributed by atoms with Gasteiger partial charge in [-0.15, -0.1) is 0 Å². The van der Waals surface area contributed by atoms with E-state index in [1.807, 2.05) is 19.2 Å². The Morgan fingerprint density at radius 3 is 3.00 bits per heavy atom. The van der Waals surface area contributed by atoms with Gasteiger partial charge < -0.3 is 14.8 Å². The molecule has 1 aliphatic rings. The molecule has 1 aromatic carbocycles. The summed E-state index contributed by atoms with van der Waals surface area (Å²) in [4.78, 5) is 0.870. The molecule has 0 spiro atoms. The van der Waals surface area contributed by atoms with Gasteiger partial charge >= 0.3 is 0 Å². The molecule has 0 aromatic heterocycles. The largest absolute Gasteiger partial charge is 0.486 e. The van der Waals surface area contributed by atoms with Crippen LogP contribution >= 0.6 is 12.2 Å². The first-order valence-corrected chi connectivity index (χ1v) is 5.80. The molecule has 0 amide bonds. The lowest BCUT2D eigenvalue weighted by Crippen LogP contribution is -2.18. The molecular weight excluding hydrogens is 222 g/mol. The van der Waals surface area contributed by atoms with Crippen molar-refractivity contribution >= 4 is 17.2 Å². The fraction of sp³-hybridized carbons (Fsp3) is 0.417. The summed E-state index contributed by atoms with van der Waals surface area (Å²) in [7, 11) is 1.85. The molecule has 3 nitrogen and oxygen atoms in total. The summed E-state index contributed by atoms with van der Waals surface area (Å²) in [6.07, 6.45) is 1.72. The van der Waals surface area contributed by atoms with Crippen molar-refractivity contribution in [3.63, 3.8) is 0 Å². The number of hydrogen-bond acceptors (Lipinski definition) is 3. The average molecular weight is 237 g/mol. The van der Waals surface area contributed by atoms with E-state index in [0.717, 1.165) is 34.9 Å². The van der Waals surface area contributed by atoms with Crippen LogP contribution in [0.1, 0.15) is 12.0 Å². The molecule has 0 saturated carbocycles. The predicted octanol–water partition coefficient (Wildman–Crippen LogP) is 1.94. The zero-order valence-electron chi connectivity index (χ0n) is 9.29. The van der Waals surface area contributed by atoms with Gasteiger partial charge in [0.15, 0.2) is 11.5 Å². The molecule has 0 radical (unpaired) electrons. The van der Waals surface area contributed by atoms with Crippen LogP contribution in [0.3, 0.4) is 0 Å². The van der Waals surface area contributed by atoms with Crippen molar-refractivity contribution in [2.45, 2.75) is 12.8 Å². The minimum atomic E-state index is 0.625. The fourth-order valence-corrected chi connectivity index (χ4v) is 1.81. The summed E-state index contributed by atoms with van der Waals surface area (Å²) in [5.41, 5.74) is 1.16. The Balaban J connectivity index is 2.11. The van der Waals surface area contributed by atoms with Gasteiger partial charge in [-0.1, -0.05) is 24.4 Å². The van der Waals surface area contributed by atoms with Crippen LogP contribution in [0.15, 0.2) is 18.2 Å². The molecule has 4 heteroatoms. The average Bonchev–Trinajstić information content (AvgIpc) is 2.35. The van der Waals surface area contributed by atoms with Crippen LogP contribution in [-0.4, -0.2) is 25.2 Å². The molecule has 16 heavy (non-hydrogen) atoms. The van der Waals surface area contributed by atoms with Crippen LogP contribution in [0.25, 0.3) is 0 Å². The first-order chi connectivity index (χ1) is 7.81. The molecular formula is C12H15NO2S. The molecule has 2 rings (SSSR count). The minimum Gasteiger partial charge on any atom is -0.486 e. The van der Waals surface area contributed by atoms with E-state index in [0.29, 0.717) is 13.2 Å². The van der Waals surface area contributed by atoms with Crippen molar-refractivity contribution < 1.29 is 9.47 Å². The highest BCUT2D eigenvalue weighted by atomic mass is 32.1. The Labute approximate surface area is 101 Å². The van der Waals surface area contributed by atoms with Crippen LogP contribution in [0.5, 0.6) is 11.5 Å². The van der Waals surface area contributed by atoms with Gasteiger partial charge in [-0.25, -0.2) is 0 Å². The maximum absolute atomic E-state index is 5.63. The Hall–Kier alpha value is -1.29. The van der Waals surface area contributed by atoms with Gasteiger partial charge in [-0.05, 0) is 18.1 Å². The van der Waals surface area contributed by atoms with Crippen molar-refractivity contribution in [3.05, 3.63) is 23.8 Å². The number of benzene rings is 1. The van der Waals surface area contributed by atoms with E-state index in [4.69, 9.17) is 21.7 Å². The summed E-state index contributed by atoms with van der Waals surface area (Å²) >= 11 is 5.13. The number of thiocarbonyl (C=S) groups is 1. The van der Waals surface area contributed by atoms with Gasteiger partial charge in [0, 0.05) is 13.5 Å². The van der Waals surface area contributed by atoms with Crippen LogP contribution in [0.4, 0.5) is 0 Å². The van der Waals surface area contributed by atoms with Gasteiger partial charge in [0.25, 0.3) is 0 Å². The quantitative estimate of drug-likeness (QED) is 0.814. The van der Waals surface area contributed by atoms with E-state index in [2.05, 4.69) is 11.4 Å². The van der Waals surface area contributed by atoms with Gasteiger partial charge in [-0.2, -0.15) is 0 Å². The summed E-state index contributed by atoms with van der Waals surface area (Å²) in [5.74, 6) is 1.73. The second-order valence-electron chi connectivity index (χ2n) is 3.61. The predicted molar refractivity (Wildman–Crippen MR) is 67.4 cm³/mol. The van der Waals surface area contributed by atoms with Crippen molar-refractivity contribution in [2.24, 2.45) is 0 Å². The summed E-state index contributed by atoms with van der Waals surface area (Å²) in [6.45, 7) is 1.26.